The molecule has 6 heteroatoms. The second kappa shape index (κ2) is 5.31. The van der Waals surface area contributed by atoms with Crippen LogP contribution in [0.25, 0.3) is 10.9 Å². The third-order valence-electron chi connectivity index (χ3n) is 3.13. The van der Waals surface area contributed by atoms with Crippen LogP contribution < -0.4 is 4.74 Å². The van der Waals surface area contributed by atoms with Crippen LogP contribution in [-0.4, -0.2) is 28.9 Å². The van der Waals surface area contributed by atoms with Gasteiger partial charge in [-0.15, -0.1) is 0 Å². The number of hydrogen-bond donors (Lipinski definition) is 0. The van der Waals surface area contributed by atoms with Gasteiger partial charge in [-0.1, -0.05) is 0 Å². The van der Waals surface area contributed by atoms with Crippen molar-refractivity contribution in [1.82, 2.24) is 9.55 Å². The van der Waals surface area contributed by atoms with E-state index in [-0.39, 0.29) is 6.10 Å². The van der Waals surface area contributed by atoms with E-state index in [1.807, 2.05) is 10.6 Å². The maximum absolute atomic E-state index is 6.02. The van der Waals surface area contributed by atoms with Crippen molar-refractivity contribution in [3.63, 3.8) is 0 Å². The number of ether oxygens (including phenoxy) is 2. The Labute approximate surface area is 120 Å². The molecular formula is C12H14IN2O2P. The molecule has 3 rings (SSSR count). The first kappa shape index (κ1) is 12.6. The van der Waals surface area contributed by atoms with Crippen LogP contribution in [0.4, 0.5) is 0 Å². The molecule has 4 nitrogen and oxygen atoms in total. The SMILES string of the molecule is Cc1cc2cnn(PI)c2cc1O[C@H]1CCOC1. The number of halogens is 1. The summed E-state index contributed by atoms with van der Waals surface area (Å²) in [7, 11) is 0. The van der Waals surface area contributed by atoms with E-state index < -0.39 is 0 Å². The third-order valence-corrected chi connectivity index (χ3v) is 5.01. The van der Waals surface area contributed by atoms with Gasteiger partial charge in [0, 0.05) is 17.9 Å². The maximum Gasteiger partial charge on any atom is 0.124 e. The zero-order valence-corrected chi connectivity index (χ0v) is 13.2. The minimum absolute atomic E-state index is 0.194. The van der Waals surface area contributed by atoms with Crippen LogP contribution in [0.15, 0.2) is 18.3 Å². The number of aryl methyl sites for hydroxylation is 1. The van der Waals surface area contributed by atoms with Gasteiger partial charge in [0.25, 0.3) is 0 Å². The summed E-state index contributed by atoms with van der Waals surface area (Å²) in [5.41, 5.74) is 2.30. The van der Waals surface area contributed by atoms with Crippen LogP contribution >= 0.6 is 28.4 Å². The Bertz CT molecular complexity index is 566. The fourth-order valence-corrected chi connectivity index (χ4v) is 3.69. The molecule has 0 aliphatic carbocycles. The first-order valence-electron chi connectivity index (χ1n) is 5.87. The Morgan fingerprint density at radius 1 is 1.56 bits per heavy atom. The Hall–Kier alpha value is -0.390. The molecule has 0 spiro atoms. The molecule has 18 heavy (non-hydrogen) atoms. The number of hydrogen-bond acceptors (Lipinski definition) is 3. The summed E-state index contributed by atoms with van der Waals surface area (Å²) in [5, 5.41) is 5.54. The highest BCUT2D eigenvalue weighted by molar-refractivity contribution is 14.2. The monoisotopic (exact) mass is 376 g/mol. The Morgan fingerprint density at radius 3 is 3.17 bits per heavy atom. The predicted molar refractivity (Wildman–Crippen MR) is 82.1 cm³/mol. The first-order chi connectivity index (χ1) is 8.78. The molecule has 1 aliphatic heterocycles. The molecule has 2 aromatic rings. The van der Waals surface area contributed by atoms with Gasteiger partial charge in [0.05, 0.1) is 31.3 Å². The molecule has 2 atom stereocenters. The molecule has 96 valence electrons. The van der Waals surface area contributed by atoms with Crippen molar-refractivity contribution < 1.29 is 9.47 Å². The van der Waals surface area contributed by atoms with Gasteiger partial charge in [-0.3, -0.25) is 0 Å². The van der Waals surface area contributed by atoms with E-state index in [0.29, 0.717) is 13.0 Å². The van der Waals surface area contributed by atoms with Gasteiger partial charge >= 0.3 is 0 Å². The second-order valence-electron chi connectivity index (χ2n) is 4.42. The van der Waals surface area contributed by atoms with Crippen LogP contribution in [0.2, 0.25) is 0 Å². The minimum atomic E-state index is 0.194. The summed E-state index contributed by atoms with van der Waals surface area (Å²) in [6, 6.07) is 4.24. The van der Waals surface area contributed by atoms with Crippen LogP contribution in [0, 0.1) is 6.92 Å². The highest BCUT2D eigenvalue weighted by atomic mass is 127. The van der Waals surface area contributed by atoms with Gasteiger partial charge in [-0.05, 0) is 40.6 Å². The normalized spacial score (nSPS) is 20.2. The first-order valence-corrected chi connectivity index (χ1v) is 9.93. The lowest BCUT2D eigenvalue weighted by Crippen LogP contribution is -2.16. The van der Waals surface area contributed by atoms with E-state index in [1.54, 1.807) is 0 Å². The molecule has 1 saturated heterocycles. The predicted octanol–water partition coefficient (Wildman–Crippen LogP) is 3.30. The summed E-state index contributed by atoms with van der Waals surface area (Å²) in [5.74, 6) is 0.953. The summed E-state index contributed by atoms with van der Waals surface area (Å²) in [4.78, 5) is 0. The molecule has 1 fully saturated rings. The van der Waals surface area contributed by atoms with Crippen molar-refractivity contribution in [3.8, 4) is 5.75 Å². The molecule has 0 radical (unpaired) electrons. The van der Waals surface area contributed by atoms with Crippen molar-refractivity contribution in [1.29, 1.82) is 0 Å². The van der Waals surface area contributed by atoms with Crippen molar-refractivity contribution in [2.45, 2.75) is 19.4 Å². The molecular weight excluding hydrogens is 362 g/mol. The van der Waals surface area contributed by atoms with Crippen molar-refractivity contribution in [2.75, 3.05) is 13.2 Å². The third kappa shape index (κ3) is 2.36. The average molecular weight is 376 g/mol. The zero-order chi connectivity index (χ0) is 12.5. The van der Waals surface area contributed by atoms with Crippen molar-refractivity contribution in [3.05, 3.63) is 23.9 Å². The van der Waals surface area contributed by atoms with Crippen LogP contribution in [0.3, 0.4) is 0 Å². The van der Waals surface area contributed by atoms with Gasteiger partial charge in [0.2, 0.25) is 0 Å². The average Bonchev–Trinajstić information content (AvgIpc) is 2.99. The standard InChI is InChI=1S/C12H14IN2O2P/c1-8-4-9-6-14-15(18-13)11(9)5-12(8)17-10-2-3-16-7-10/h4-6,10,18H,2-3,7H2,1H3/t10-/m0/s1. The number of aromatic nitrogens is 2. The smallest absolute Gasteiger partial charge is 0.124 e. The highest BCUT2D eigenvalue weighted by Gasteiger charge is 2.18. The zero-order valence-electron chi connectivity index (χ0n) is 10.0. The fraction of sp³-hybridized carbons (Fsp3) is 0.417. The van der Waals surface area contributed by atoms with Crippen LogP contribution in [0.1, 0.15) is 12.0 Å². The van der Waals surface area contributed by atoms with E-state index in [4.69, 9.17) is 9.47 Å². The Balaban J connectivity index is 1.96. The topological polar surface area (TPSA) is 36.3 Å². The van der Waals surface area contributed by atoms with Crippen LogP contribution in [0.5, 0.6) is 5.75 Å². The van der Waals surface area contributed by atoms with E-state index >= 15 is 0 Å². The quantitative estimate of drug-likeness (QED) is 0.609. The summed E-state index contributed by atoms with van der Waals surface area (Å²) >= 11 is 2.34. The number of fused-ring (bicyclic) bond motifs is 1. The van der Waals surface area contributed by atoms with Gasteiger partial charge in [0.1, 0.15) is 11.9 Å². The second-order valence-corrected chi connectivity index (χ2v) is 6.46. The lowest BCUT2D eigenvalue weighted by Gasteiger charge is -2.14. The summed E-state index contributed by atoms with van der Waals surface area (Å²) in [6.07, 6.45) is 3.69. The molecule has 1 aromatic carbocycles. The largest absolute Gasteiger partial charge is 0.488 e. The molecule has 1 unspecified atom stereocenters. The number of nitrogens with zero attached hydrogens (tertiary/aromatic N) is 2. The van der Waals surface area contributed by atoms with Gasteiger partial charge < -0.3 is 9.47 Å². The number of rotatable bonds is 3. The van der Waals surface area contributed by atoms with Gasteiger partial charge in [-0.25, -0.2) is 4.45 Å². The van der Waals surface area contributed by atoms with Crippen LogP contribution in [-0.2, 0) is 4.74 Å². The maximum atomic E-state index is 6.02. The molecule has 1 aliphatic rings. The van der Waals surface area contributed by atoms with E-state index in [2.05, 4.69) is 46.2 Å². The lowest BCUT2D eigenvalue weighted by atomic mass is 10.1. The molecule has 0 bridgehead atoms. The van der Waals surface area contributed by atoms with E-state index in [0.717, 1.165) is 29.9 Å². The van der Waals surface area contributed by atoms with Crippen molar-refractivity contribution in [2.24, 2.45) is 0 Å². The number of benzene rings is 1. The van der Waals surface area contributed by atoms with E-state index in [9.17, 15) is 0 Å². The lowest BCUT2D eigenvalue weighted by molar-refractivity contribution is 0.141. The highest BCUT2D eigenvalue weighted by Crippen LogP contribution is 2.32. The molecule has 1 aromatic heterocycles. The summed E-state index contributed by atoms with van der Waals surface area (Å²) in [6.45, 7) is 3.58. The van der Waals surface area contributed by atoms with E-state index in [1.165, 1.54) is 5.39 Å². The molecule has 0 N–H and O–H groups in total. The Morgan fingerprint density at radius 2 is 2.44 bits per heavy atom. The minimum Gasteiger partial charge on any atom is -0.488 e. The van der Waals surface area contributed by atoms with Gasteiger partial charge in [-0.2, -0.15) is 5.10 Å². The van der Waals surface area contributed by atoms with Gasteiger partial charge in [0.15, 0.2) is 0 Å². The molecule has 0 amide bonds. The van der Waals surface area contributed by atoms with Crippen molar-refractivity contribution >= 4 is 39.3 Å². The molecule has 2 heterocycles. The molecule has 0 saturated carbocycles. The fourth-order valence-electron chi connectivity index (χ4n) is 2.15. The summed E-state index contributed by atoms with van der Waals surface area (Å²) < 4.78 is 13.4. The Kier molecular flexibility index (Phi) is 3.73.